The summed E-state index contributed by atoms with van der Waals surface area (Å²) in [5, 5.41) is 0. The molecule has 1 amide bonds. The monoisotopic (exact) mass is 402 g/mol. The van der Waals surface area contributed by atoms with Gasteiger partial charge in [0.05, 0.1) is 12.9 Å². The van der Waals surface area contributed by atoms with Crippen LogP contribution in [0.2, 0.25) is 0 Å². The number of esters is 1. The van der Waals surface area contributed by atoms with E-state index in [0.717, 1.165) is 21.9 Å². The quantitative estimate of drug-likeness (QED) is 0.475. The van der Waals surface area contributed by atoms with Gasteiger partial charge in [0.1, 0.15) is 5.75 Å². The van der Waals surface area contributed by atoms with Crippen molar-refractivity contribution in [2.75, 3.05) is 45.5 Å². The van der Waals surface area contributed by atoms with E-state index in [2.05, 4.69) is 0 Å². The molecule has 150 valence electrons. The average molecular weight is 403 g/mol. The highest BCUT2D eigenvalue weighted by Crippen LogP contribution is 2.21. The van der Waals surface area contributed by atoms with Crippen LogP contribution < -0.4 is 9.64 Å². The third kappa shape index (κ3) is 6.81. The lowest BCUT2D eigenvalue weighted by molar-refractivity contribution is -0.149. The zero-order chi connectivity index (χ0) is 20.5. The molecular formula is C21H26N2O4S. The summed E-state index contributed by atoms with van der Waals surface area (Å²) in [5.41, 5.74) is 2.11. The van der Waals surface area contributed by atoms with Crippen LogP contribution in [0.15, 0.2) is 53.4 Å². The third-order valence-corrected chi connectivity index (χ3v) is 5.06. The van der Waals surface area contributed by atoms with Gasteiger partial charge in [0.15, 0.2) is 6.61 Å². The molecule has 0 saturated heterocycles. The second-order valence-electron chi connectivity index (χ2n) is 6.44. The SMILES string of the molecule is COc1ccc(SCC(=O)OCC(=O)N(C)Cc2ccc(N(C)C)cc2)cc1. The van der Waals surface area contributed by atoms with Gasteiger partial charge in [-0.1, -0.05) is 12.1 Å². The summed E-state index contributed by atoms with van der Waals surface area (Å²) in [6, 6.07) is 15.4. The largest absolute Gasteiger partial charge is 0.497 e. The van der Waals surface area contributed by atoms with Crippen molar-refractivity contribution in [2.24, 2.45) is 0 Å². The van der Waals surface area contributed by atoms with E-state index in [0.29, 0.717) is 6.54 Å². The van der Waals surface area contributed by atoms with E-state index in [-0.39, 0.29) is 18.3 Å². The Balaban J connectivity index is 1.73. The molecule has 0 unspecified atom stereocenters. The fraction of sp³-hybridized carbons (Fsp3) is 0.333. The van der Waals surface area contributed by atoms with Crippen LogP contribution in [0.4, 0.5) is 5.69 Å². The standard InChI is InChI=1S/C21H26N2O4S/c1-22(2)17-7-5-16(6-8-17)13-23(3)20(24)14-27-21(25)15-28-19-11-9-18(26-4)10-12-19/h5-12H,13-15H2,1-4H3. The van der Waals surface area contributed by atoms with Gasteiger partial charge in [-0.15, -0.1) is 11.8 Å². The molecule has 2 aromatic rings. The molecule has 0 aliphatic rings. The Hall–Kier alpha value is -2.67. The lowest BCUT2D eigenvalue weighted by Gasteiger charge is -2.18. The predicted molar refractivity (Wildman–Crippen MR) is 112 cm³/mol. The minimum absolute atomic E-state index is 0.148. The predicted octanol–water partition coefficient (Wildman–Crippen LogP) is 3.06. The van der Waals surface area contributed by atoms with Crippen LogP contribution in [0.3, 0.4) is 0 Å². The summed E-state index contributed by atoms with van der Waals surface area (Å²) >= 11 is 1.36. The highest BCUT2D eigenvalue weighted by molar-refractivity contribution is 8.00. The van der Waals surface area contributed by atoms with Gasteiger partial charge < -0.3 is 19.3 Å². The van der Waals surface area contributed by atoms with Crippen molar-refractivity contribution in [3.63, 3.8) is 0 Å². The molecule has 7 heteroatoms. The van der Waals surface area contributed by atoms with Crippen LogP contribution in [0.25, 0.3) is 0 Å². The van der Waals surface area contributed by atoms with Gasteiger partial charge in [-0.2, -0.15) is 0 Å². The number of hydrogen-bond acceptors (Lipinski definition) is 6. The van der Waals surface area contributed by atoms with Crippen molar-refractivity contribution in [3.05, 3.63) is 54.1 Å². The van der Waals surface area contributed by atoms with Gasteiger partial charge in [-0.05, 0) is 42.0 Å². The number of benzene rings is 2. The van der Waals surface area contributed by atoms with Crippen molar-refractivity contribution < 1.29 is 19.1 Å². The van der Waals surface area contributed by atoms with Crippen LogP contribution >= 0.6 is 11.8 Å². The Bertz CT molecular complexity index is 776. The summed E-state index contributed by atoms with van der Waals surface area (Å²) in [6.45, 7) is 0.207. The molecule has 6 nitrogen and oxygen atoms in total. The summed E-state index contributed by atoms with van der Waals surface area (Å²) in [6.07, 6.45) is 0. The number of ether oxygens (including phenoxy) is 2. The second kappa shape index (κ2) is 10.6. The van der Waals surface area contributed by atoms with Crippen molar-refractivity contribution in [2.45, 2.75) is 11.4 Å². The topological polar surface area (TPSA) is 59.1 Å². The maximum atomic E-state index is 12.2. The maximum absolute atomic E-state index is 12.2. The Morgan fingerprint density at radius 2 is 1.61 bits per heavy atom. The molecule has 0 heterocycles. The van der Waals surface area contributed by atoms with Crippen molar-refractivity contribution in [1.29, 1.82) is 0 Å². The number of thioether (sulfide) groups is 1. The summed E-state index contributed by atoms with van der Waals surface area (Å²) < 4.78 is 10.2. The van der Waals surface area contributed by atoms with Gasteiger partial charge in [0.2, 0.25) is 0 Å². The van der Waals surface area contributed by atoms with Gasteiger partial charge in [-0.3, -0.25) is 9.59 Å². The molecule has 0 aromatic heterocycles. The van der Waals surface area contributed by atoms with Gasteiger partial charge in [0, 0.05) is 38.3 Å². The fourth-order valence-electron chi connectivity index (χ4n) is 2.37. The summed E-state index contributed by atoms with van der Waals surface area (Å²) in [4.78, 5) is 28.6. The Kier molecular flexibility index (Phi) is 8.19. The maximum Gasteiger partial charge on any atom is 0.316 e. The molecule has 0 aliphatic heterocycles. The number of hydrogen-bond donors (Lipinski definition) is 0. The molecule has 0 bridgehead atoms. The number of carbonyl (C=O) groups is 2. The fourth-order valence-corrected chi connectivity index (χ4v) is 3.07. The number of likely N-dealkylation sites (N-methyl/N-ethyl adjacent to an activating group) is 1. The first kappa shape index (κ1) is 21.6. The number of carbonyl (C=O) groups excluding carboxylic acids is 2. The first-order valence-electron chi connectivity index (χ1n) is 8.81. The van der Waals surface area contributed by atoms with Crippen LogP contribution in [-0.2, 0) is 20.9 Å². The van der Waals surface area contributed by atoms with Crippen molar-refractivity contribution in [1.82, 2.24) is 4.90 Å². The van der Waals surface area contributed by atoms with Gasteiger partial charge >= 0.3 is 5.97 Å². The smallest absolute Gasteiger partial charge is 0.316 e. The highest BCUT2D eigenvalue weighted by Gasteiger charge is 2.13. The van der Waals surface area contributed by atoms with Gasteiger partial charge in [0.25, 0.3) is 5.91 Å². The molecular weight excluding hydrogens is 376 g/mol. The minimum Gasteiger partial charge on any atom is -0.497 e. The molecule has 0 saturated carbocycles. The molecule has 0 aliphatic carbocycles. The van der Waals surface area contributed by atoms with Crippen LogP contribution in [0.5, 0.6) is 5.75 Å². The number of amides is 1. The van der Waals surface area contributed by atoms with Crippen LogP contribution in [-0.4, -0.2) is 57.4 Å². The van der Waals surface area contributed by atoms with Gasteiger partial charge in [-0.25, -0.2) is 0 Å². The second-order valence-corrected chi connectivity index (χ2v) is 7.48. The molecule has 2 aromatic carbocycles. The molecule has 0 spiro atoms. The zero-order valence-corrected chi connectivity index (χ0v) is 17.5. The molecule has 0 atom stereocenters. The van der Waals surface area contributed by atoms with E-state index in [1.807, 2.05) is 67.5 Å². The van der Waals surface area contributed by atoms with E-state index in [1.165, 1.54) is 11.8 Å². The van der Waals surface area contributed by atoms with E-state index >= 15 is 0 Å². The third-order valence-electron chi connectivity index (χ3n) is 4.07. The highest BCUT2D eigenvalue weighted by atomic mass is 32.2. The molecule has 0 radical (unpaired) electrons. The lowest BCUT2D eigenvalue weighted by atomic mass is 10.2. The Morgan fingerprint density at radius 3 is 2.18 bits per heavy atom. The normalized spacial score (nSPS) is 10.3. The molecule has 0 N–H and O–H groups in total. The first-order valence-corrected chi connectivity index (χ1v) is 9.80. The van der Waals surface area contributed by atoms with E-state index in [1.54, 1.807) is 19.1 Å². The van der Waals surface area contributed by atoms with Crippen LogP contribution in [0.1, 0.15) is 5.56 Å². The molecule has 28 heavy (non-hydrogen) atoms. The van der Waals surface area contributed by atoms with Crippen LogP contribution in [0, 0.1) is 0 Å². The van der Waals surface area contributed by atoms with E-state index in [9.17, 15) is 9.59 Å². The number of methoxy groups -OCH3 is 1. The first-order chi connectivity index (χ1) is 13.4. The van der Waals surface area contributed by atoms with E-state index in [4.69, 9.17) is 9.47 Å². The Labute approximate surface area is 170 Å². The minimum atomic E-state index is -0.419. The number of rotatable bonds is 9. The van der Waals surface area contributed by atoms with Crippen molar-refractivity contribution >= 4 is 29.3 Å². The molecule has 0 fully saturated rings. The van der Waals surface area contributed by atoms with E-state index < -0.39 is 5.97 Å². The summed E-state index contributed by atoms with van der Waals surface area (Å²) in [7, 11) is 7.26. The van der Waals surface area contributed by atoms with Crippen molar-refractivity contribution in [3.8, 4) is 5.75 Å². The summed E-state index contributed by atoms with van der Waals surface area (Å²) in [5.74, 6) is 0.254. The number of nitrogens with zero attached hydrogens (tertiary/aromatic N) is 2. The lowest BCUT2D eigenvalue weighted by Crippen LogP contribution is -2.31. The zero-order valence-electron chi connectivity index (χ0n) is 16.7. The number of anilines is 1. The average Bonchev–Trinajstić information content (AvgIpc) is 2.71. The Morgan fingerprint density at radius 1 is 0.964 bits per heavy atom. The molecule has 2 rings (SSSR count).